The summed E-state index contributed by atoms with van der Waals surface area (Å²) in [7, 11) is 1.57. The molecule has 4 rings (SSSR count). The van der Waals surface area contributed by atoms with E-state index in [0.717, 1.165) is 11.3 Å². The molecule has 0 fully saturated rings. The third kappa shape index (κ3) is 4.53. The number of furan rings is 1. The van der Waals surface area contributed by atoms with E-state index in [1.165, 1.54) is 17.6 Å². The van der Waals surface area contributed by atoms with E-state index < -0.39 is 11.9 Å². The molecule has 0 atom stereocenters. The van der Waals surface area contributed by atoms with Crippen molar-refractivity contribution in [1.82, 2.24) is 15.2 Å². The topological polar surface area (TPSA) is 116 Å². The largest absolute Gasteiger partial charge is 0.497 e. The molecule has 0 unspecified atom stereocenters. The predicted octanol–water partition coefficient (Wildman–Crippen LogP) is 3.87. The SMILES string of the molecule is COc1ccc(NC(=O)c2nnc(COC(=O)c3csc(-c4ccco4)n3)s2)cc1. The van der Waals surface area contributed by atoms with Gasteiger partial charge < -0.3 is 19.2 Å². The van der Waals surface area contributed by atoms with Gasteiger partial charge in [-0.05, 0) is 36.4 Å². The number of hydrogen-bond acceptors (Lipinski definition) is 10. The van der Waals surface area contributed by atoms with Gasteiger partial charge in [-0.1, -0.05) is 11.3 Å². The van der Waals surface area contributed by atoms with Gasteiger partial charge in [-0.15, -0.1) is 21.5 Å². The second kappa shape index (κ2) is 8.84. The first-order valence-electron chi connectivity index (χ1n) is 8.56. The molecule has 4 aromatic rings. The zero-order chi connectivity index (χ0) is 20.9. The number of carbonyl (C=O) groups excluding carboxylic acids is 2. The summed E-state index contributed by atoms with van der Waals surface area (Å²) in [5.41, 5.74) is 0.772. The van der Waals surface area contributed by atoms with Crippen LogP contribution in [0.15, 0.2) is 52.5 Å². The van der Waals surface area contributed by atoms with Gasteiger partial charge in [-0.2, -0.15) is 0 Å². The number of anilines is 1. The molecular weight excluding hydrogens is 428 g/mol. The van der Waals surface area contributed by atoms with Gasteiger partial charge in [0.05, 0.1) is 13.4 Å². The van der Waals surface area contributed by atoms with Gasteiger partial charge in [0.15, 0.2) is 21.5 Å². The highest BCUT2D eigenvalue weighted by Crippen LogP contribution is 2.24. The first-order valence-corrected chi connectivity index (χ1v) is 10.3. The predicted molar refractivity (Wildman–Crippen MR) is 110 cm³/mol. The van der Waals surface area contributed by atoms with Gasteiger partial charge in [0, 0.05) is 11.1 Å². The molecule has 3 aromatic heterocycles. The van der Waals surface area contributed by atoms with Gasteiger partial charge in [0.1, 0.15) is 12.4 Å². The van der Waals surface area contributed by atoms with Crippen molar-refractivity contribution in [3.63, 3.8) is 0 Å². The first kappa shape index (κ1) is 19.7. The number of amides is 1. The van der Waals surface area contributed by atoms with E-state index in [1.807, 2.05) is 0 Å². The van der Waals surface area contributed by atoms with E-state index >= 15 is 0 Å². The van der Waals surface area contributed by atoms with Gasteiger partial charge in [-0.25, -0.2) is 9.78 Å². The Hall–Kier alpha value is -3.57. The molecule has 0 saturated heterocycles. The maximum Gasteiger partial charge on any atom is 0.358 e. The quantitative estimate of drug-likeness (QED) is 0.429. The van der Waals surface area contributed by atoms with Crippen LogP contribution >= 0.6 is 22.7 Å². The molecule has 0 bridgehead atoms. The fourth-order valence-electron chi connectivity index (χ4n) is 2.34. The Balaban J connectivity index is 1.32. The molecule has 9 nitrogen and oxygen atoms in total. The molecule has 30 heavy (non-hydrogen) atoms. The molecule has 1 N–H and O–H groups in total. The number of carbonyl (C=O) groups is 2. The fourth-order valence-corrected chi connectivity index (χ4v) is 3.75. The highest BCUT2D eigenvalue weighted by Gasteiger charge is 2.17. The zero-order valence-corrected chi connectivity index (χ0v) is 17.2. The Morgan fingerprint density at radius 3 is 2.73 bits per heavy atom. The van der Waals surface area contributed by atoms with Gasteiger partial charge in [0.25, 0.3) is 5.91 Å². The van der Waals surface area contributed by atoms with E-state index in [2.05, 4.69) is 20.5 Å². The summed E-state index contributed by atoms with van der Waals surface area (Å²) in [5.74, 6) is 0.265. The lowest BCUT2D eigenvalue weighted by Crippen LogP contribution is -2.11. The third-order valence-electron chi connectivity index (χ3n) is 3.78. The average molecular weight is 442 g/mol. The number of rotatable bonds is 7. The molecule has 0 saturated carbocycles. The Bertz CT molecular complexity index is 1150. The molecule has 152 valence electrons. The van der Waals surface area contributed by atoms with Gasteiger partial charge >= 0.3 is 5.97 Å². The minimum Gasteiger partial charge on any atom is -0.497 e. The highest BCUT2D eigenvalue weighted by molar-refractivity contribution is 7.13. The summed E-state index contributed by atoms with van der Waals surface area (Å²) >= 11 is 2.32. The van der Waals surface area contributed by atoms with E-state index in [1.54, 1.807) is 48.9 Å². The van der Waals surface area contributed by atoms with Crippen molar-refractivity contribution >= 4 is 40.2 Å². The van der Waals surface area contributed by atoms with Crippen molar-refractivity contribution in [2.75, 3.05) is 12.4 Å². The maximum absolute atomic E-state index is 12.3. The maximum atomic E-state index is 12.3. The van der Waals surface area contributed by atoms with Crippen molar-refractivity contribution < 1.29 is 23.5 Å². The molecule has 0 radical (unpaired) electrons. The number of thiazole rings is 1. The van der Waals surface area contributed by atoms with Crippen LogP contribution in [-0.4, -0.2) is 34.2 Å². The molecule has 11 heteroatoms. The van der Waals surface area contributed by atoms with Crippen LogP contribution in [0.4, 0.5) is 5.69 Å². The average Bonchev–Trinajstić information content (AvgIpc) is 3.53. The highest BCUT2D eigenvalue weighted by atomic mass is 32.1. The molecule has 0 aliphatic carbocycles. The number of benzene rings is 1. The van der Waals surface area contributed by atoms with Gasteiger partial charge in [0.2, 0.25) is 5.01 Å². The van der Waals surface area contributed by atoms with Crippen LogP contribution < -0.4 is 10.1 Å². The van der Waals surface area contributed by atoms with Gasteiger partial charge in [-0.3, -0.25) is 4.79 Å². The summed E-state index contributed by atoms with van der Waals surface area (Å²) in [4.78, 5) is 28.7. The van der Waals surface area contributed by atoms with Crippen LogP contribution in [-0.2, 0) is 11.3 Å². The minimum atomic E-state index is -0.594. The second-order valence-corrected chi connectivity index (χ2v) is 7.70. The zero-order valence-electron chi connectivity index (χ0n) is 15.5. The van der Waals surface area contributed by atoms with Crippen molar-refractivity contribution in [1.29, 1.82) is 0 Å². The molecule has 1 amide bonds. The number of nitrogens with one attached hydrogen (secondary N) is 1. The normalized spacial score (nSPS) is 10.6. The van der Waals surface area contributed by atoms with Crippen LogP contribution in [0.5, 0.6) is 5.75 Å². The number of ether oxygens (including phenoxy) is 2. The van der Waals surface area contributed by atoms with E-state index in [9.17, 15) is 9.59 Å². The summed E-state index contributed by atoms with van der Waals surface area (Å²) in [6, 6.07) is 10.4. The number of methoxy groups -OCH3 is 1. The third-order valence-corrected chi connectivity index (χ3v) is 5.53. The summed E-state index contributed by atoms with van der Waals surface area (Å²) < 4.78 is 15.6. The van der Waals surface area contributed by atoms with E-state index in [4.69, 9.17) is 13.9 Å². The number of aromatic nitrogens is 3. The summed E-state index contributed by atoms with van der Waals surface area (Å²) in [5, 5.41) is 13.2. The molecule has 0 aliphatic heterocycles. The van der Waals surface area contributed by atoms with Crippen molar-refractivity contribution in [2.24, 2.45) is 0 Å². The molecular formula is C19H14N4O5S2. The Morgan fingerprint density at radius 1 is 1.17 bits per heavy atom. The van der Waals surface area contributed by atoms with Crippen LogP contribution in [0.25, 0.3) is 10.8 Å². The Kier molecular flexibility index (Phi) is 5.82. The van der Waals surface area contributed by atoms with E-state index in [-0.39, 0.29) is 17.3 Å². The smallest absolute Gasteiger partial charge is 0.358 e. The Labute approximate surface area is 178 Å². The van der Waals surface area contributed by atoms with Crippen LogP contribution in [0.2, 0.25) is 0 Å². The lowest BCUT2D eigenvalue weighted by molar-refractivity contribution is 0.0465. The molecule has 3 heterocycles. The number of nitrogens with zero attached hydrogens (tertiary/aromatic N) is 3. The fraction of sp³-hybridized carbons (Fsp3) is 0.105. The van der Waals surface area contributed by atoms with Crippen LogP contribution in [0.3, 0.4) is 0 Å². The van der Waals surface area contributed by atoms with Crippen LogP contribution in [0, 0.1) is 0 Å². The van der Waals surface area contributed by atoms with Crippen LogP contribution in [0.1, 0.15) is 25.3 Å². The Morgan fingerprint density at radius 2 is 2.00 bits per heavy atom. The minimum absolute atomic E-state index is 0.111. The number of hydrogen-bond donors (Lipinski definition) is 1. The van der Waals surface area contributed by atoms with Crippen molar-refractivity contribution in [3.8, 4) is 16.5 Å². The lowest BCUT2D eigenvalue weighted by atomic mass is 10.3. The van der Waals surface area contributed by atoms with Crippen molar-refractivity contribution in [2.45, 2.75) is 6.61 Å². The first-order chi connectivity index (χ1) is 14.6. The van der Waals surface area contributed by atoms with Crippen molar-refractivity contribution in [3.05, 3.63) is 63.8 Å². The molecule has 1 aromatic carbocycles. The summed E-state index contributed by atoms with van der Waals surface area (Å²) in [6.45, 7) is -0.111. The monoisotopic (exact) mass is 442 g/mol. The molecule has 0 aliphatic rings. The summed E-state index contributed by atoms with van der Waals surface area (Å²) in [6.07, 6.45) is 1.53. The molecule has 0 spiro atoms. The lowest BCUT2D eigenvalue weighted by Gasteiger charge is -2.04. The van der Waals surface area contributed by atoms with E-state index in [0.29, 0.717) is 27.2 Å². The second-order valence-electron chi connectivity index (χ2n) is 5.77. The standard InChI is InChI=1S/C19H14N4O5S2/c1-26-12-6-4-11(5-7-12)20-16(24)18-23-22-15(30-18)9-28-19(25)13-10-29-17(21-13)14-3-2-8-27-14/h2-8,10H,9H2,1H3,(H,20,24). The number of esters is 1.